The third-order valence-electron chi connectivity index (χ3n) is 1.78. The summed E-state index contributed by atoms with van der Waals surface area (Å²) in [5, 5.41) is 0. The molecule has 4 heteroatoms. The Labute approximate surface area is 101 Å². The van der Waals surface area contributed by atoms with Crippen molar-refractivity contribution < 1.29 is 14.2 Å². The average Bonchev–Trinajstić information content (AvgIpc) is 2.90. The van der Waals surface area contributed by atoms with Gasteiger partial charge in [0.2, 0.25) is 0 Å². The van der Waals surface area contributed by atoms with E-state index in [1.54, 1.807) is 7.11 Å². The molecule has 3 atom stereocenters. The van der Waals surface area contributed by atoms with Gasteiger partial charge in [0.1, 0.15) is 11.5 Å². The highest BCUT2D eigenvalue weighted by Crippen LogP contribution is 2.18. The SMILES string of the molecule is C.C.C.CCC1CO1.COC(S)C1CO1. The van der Waals surface area contributed by atoms with E-state index in [0.29, 0.717) is 6.10 Å². The van der Waals surface area contributed by atoms with Crippen molar-refractivity contribution >= 4 is 12.6 Å². The van der Waals surface area contributed by atoms with Crippen LogP contribution < -0.4 is 0 Å². The summed E-state index contributed by atoms with van der Waals surface area (Å²) in [6, 6.07) is 0. The van der Waals surface area contributed by atoms with Gasteiger partial charge in [-0.05, 0) is 6.42 Å². The first-order chi connectivity index (χ1) is 5.77. The molecule has 0 bridgehead atoms. The summed E-state index contributed by atoms with van der Waals surface area (Å²) in [5.41, 5.74) is -0.0139. The summed E-state index contributed by atoms with van der Waals surface area (Å²) in [4.78, 5) is 0. The number of epoxide rings is 2. The third kappa shape index (κ3) is 10.5. The predicted octanol–water partition coefficient (Wildman–Crippen LogP) is 2.99. The molecular weight excluding hydrogens is 212 g/mol. The summed E-state index contributed by atoms with van der Waals surface area (Å²) in [5.74, 6) is 0. The van der Waals surface area contributed by atoms with Crippen LogP contribution in [0.1, 0.15) is 35.6 Å². The zero-order chi connectivity index (χ0) is 8.97. The van der Waals surface area contributed by atoms with Gasteiger partial charge in [-0.15, -0.1) is 12.6 Å². The van der Waals surface area contributed by atoms with E-state index in [1.165, 1.54) is 6.42 Å². The fourth-order valence-corrected chi connectivity index (χ4v) is 0.848. The van der Waals surface area contributed by atoms with E-state index in [-0.39, 0.29) is 33.8 Å². The Hall–Kier alpha value is 0.230. The van der Waals surface area contributed by atoms with E-state index >= 15 is 0 Å². The van der Waals surface area contributed by atoms with Crippen LogP contribution in [-0.2, 0) is 14.2 Å². The van der Waals surface area contributed by atoms with Crippen LogP contribution in [0, 0.1) is 0 Å². The maximum Gasteiger partial charge on any atom is 0.128 e. The van der Waals surface area contributed by atoms with Crippen molar-refractivity contribution in [3.05, 3.63) is 0 Å². The van der Waals surface area contributed by atoms with Crippen molar-refractivity contribution in [3.63, 3.8) is 0 Å². The summed E-state index contributed by atoms with van der Waals surface area (Å²) >= 11 is 4.04. The largest absolute Gasteiger partial charge is 0.373 e. The molecule has 0 saturated carbocycles. The standard InChI is InChI=1S/C4H8O2S.C4H8O.3CH4/c1-5-4(7)3-2-6-3;1-2-4-3-5-4;;;/h3-4,7H,2H2,1H3;4H,2-3H2,1H3;3*1H4. The minimum absolute atomic E-state index is 0. The van der Waals surface area contributed by atoms with Gasteiger partial charge in [-0.3, -0.25) is 0 Å². The molecule has 2 fully saturated rings. The lowest BCUT2D eigenvalue weighted by atomic mass is 10.4. The van der Waals surface area contributed by atoms with Gasteiger partial charge < -0.3 is 14.2 Å². The van der Waals surface area contributed by atoms with Crippen LogP contribution in [-0.4, -0.2) is 38.0 Å². The molecule has 0 aromatic carbocycles. The molecule has 96 valence electrons. The lowest BCUT2D eigenvalue weighted by Crippen LogP contribution is -2.08. The molecule has 0 aromatic heterocycles. The molecule has 0 N–H and O–H groups in total. The third-order valence-corrected chi connectivity index (χ3v) is 2.32. The molecule has 2 aliphatic rings. The van der Waals surface area contributed by atoms with Gasteiger partial charge in [-0.1, -0.05) is 29.2 Å². The van der Waals surface area contributed by atoms with Gasteiger partial charge in [0.05, 0.1) is 19.3 Å². The Balaban J connectivity index is -0.000000165. The second kappa shape index (κ2) is 10.7. The molecule has 0 radical (unpaired) electrons. The fraction of sp³-hybridized carbons (Fsp3) is 1.00. The smallest absolute Gasteiger partial charge is 0.128 e. The van der Waals surface area contributed by atoms with Gasteiger partial charge in [-0.25, -0.2) is 0 Å². The fourth-order valence-electron chi connectivity index (χ4n) is 0.676. The van der Waals surface area contributed by atoms with Crippen LogP contribution >= 0.6 is 12.6 Å². The Morgan fingerprint density at radius 3 is 1.80 bits per heavy atom. The van der Waals surface area contributed by atoms with E-state index in [1.807, 2.05) is 0 Å². The van der Waals surface area contributed by atoms with Crippen LogP contribution in [0.5, 0.6) is 0 Å². The highest BCUT2D eigenvalue weighted by molar-refractivity contribution is 7.80. The monoisotopic (exact) mass is 240 g/mol. The second-order valence-electron chi connectivity index (χ2n) is 2.86. The summed E-state index contributed by atoms with van der Waals surface area (Å²) in [7, 11) is 1.62. The minimum Gasteiger partial charge on any atom is -0.373 e. The minimum atomic E-state index is -0.0139. The molecule has 3 nitrogen and oxygen atoms in total. The van der Waals surface area contributed by atoms with Crippen molar-refractivity contribution in [1.29, 1.82) is 0 Å². The molecule has 0 aliphatic carbocycles. The Morgan fingerprint density at radius 1 is 1.27 bits per heavy atom. The first-order valence-corrected chi connectivity index (χ1v) is 4.73. The molecule has 0 aromatic rings. The number of methoxy groups -OCH3 is 1. The molecule has 0 amide bonds. The topological polar surface area (TPSA) is 34.3 Å². The van der Waals surface area contributed by atoms with Gasteiger partial charge in [-0.2, -0.15) is 0 Å². The van der Waals surface area contributed by atoms with Crippen LogP contribution in [0.2, 0.25) is 0 Å². The summed E-state index contributed by atoms with van der Waals surface area (Å²) in [6.07, 6.45) is 2.09. The zero-order valence-corrected chi connectivity index (χ0v) is 8.42. The molecular formula is C11H28O3S. The molecule has 0 spiro atoms. The van der Waals surface area contributed by atoms with Crippen LogP contribution in [0.15, 0.2) is 0 Å². The van der Waals surface area contributed by atoms with E-state index in [0.717, 1.165) is 13.2 Å². The first kappa shape index (κ1) is 20.6. The number of thiol groups is 1. The molecule has 2 rings (SSSR count). The molecule has 2 saturated heterocycles. The first-order valence-electron chi connectivity index (χ1n) is 4.22. The molecule has 2 aliphatic heterocycles. The van der Waals surface area contributed by atoms with Gasteiger partial charge in [0.25, 0.3) is 0 Å². The zero-order valence-electron chi connectivity index (χ0n) is 7.53. The number of ether oxygens (including phenoxy) is 3. The van der Waals surface area contributed by atoms with Crippen LogP contribution in [0.4, 0.5) is 0 Å². The Morgan fingerprint density at radius 2 is 1.73 bits per heavy atom. The van der Waals surface area contributed by atoms with Crippen LogP contribution in [0.3, 0.4) is 0 Å². The van der Waals surface area contributed by atoms with Crippen molar-refractivity contribution in [2.75, 3.05) is 20.3 Å². The summed E-state index contributed by atoms with van der Waals surface area (Å²) in [6.45, 7) is 3.95. The van der Waals surface area contributed by atoms with Crippen molar-refractivity contribution in [1.82, 2.24) is 0 Å². The average molecular weight is 240 g/mol. The second-order valence-corrected chi connectivity index (χ2v) is 3.37. The van der Waals surface area contributed by atoms with Crippen molar-refractivity contribution in [3.8, 4) is 0 Å². The van der Waals surface area contributed by atoms with E-state index < -0.39 is 0 Å². The number of rotatable bonds is 3. The predicted molar refractivity (Wildman–Crippen MR) is 69.7 cm³/mol. The van der Waals surface area contributed by atoms with E-state index in [4.69, 9.17) is 14.2 Å². The summed E-state index contributed by atoms with van der Waals surface area (Å²) < 4.78 is 14.5. The molecule has 15 heavy (non-hydrogen) atoms. The lowest BCUT2D eigenvalue weighted by Gasteiger charge is -2.00. The van der Waals surface area contributed by atoms with Gasteiger partial charge >= 0.3 is 0 Å². The van der Waals surface area contributed by atoms with Gasteiger partial charge in [0, 0.05) is 7.11 Å². The molecule has 2 heterocycles. The number of hydrogen-bond acceptors (Lipinski definition) is 4. The van der Waals surface area contributed by atoms with Crippen LogP contribution in [0.25, 0.3) is 0 Å². The number of hydrogen-bond donors (Lipinski definition) is 1. The van der Waals surface area contributed by atoms with E-state index in [2.05, 4.69) is 19.6 Å². The highest BCUT2D eigenvalue weighted by Gasteiger charge is 2.29. The Kier molecular flexibility index (Phi) is 14.8. The molecule has 3 unspecified atom stereocenters. The highest BCUT2D eigenvalue weighted by atomic mass is 32.1. The lowest BCUT2D eigenvalue weighted by molar-refractivity contribution is 0.145. The normalized spacial score (nSPS) is 26.6. The van der Waals surface area contributed by atoms with Gasteiger partial charge in [0.15, 0.2) is 0 Å². The quantitative estimate of drug-likeness (QED) is 0.468. The maximum absolute atomic E-state index is 4.86. The van der Waals surface area contributed by atoms with Crippen molar-refractivity contribution in [2.45, 2.75) is 53.3 Å². The van der Waals surface area contributed by atoms with E-state index in [9.17, 15) is 0 Å². The maximum atomic E-state index is 4.86. The van der Waals surface area contributed by atoms with Crippen molar-refractivity contribution in [2.24, 2.45) is 0 Å². The Bertz CT molecular complexity index is 125.